The SMILES string of the molecule is CCNC(=NCCn1cccn1)N1CCCC1. The van der Waals surface area contributed by atoms with Crippen molar-refractivity contribution >= 4 is 5.96 Å². The number of likely N-dealkylation sites (tertiary alicyclic amines) is 1. The number of nitrogens with one attached hydrogen (secondary N) is 1. The highest BCUT2D eigenvalue weighted by Gasteiger charge is 2.14. The van der Waals surface area contributed by atoms with Crippen LogP contribution >= 0.6 is 0 Å². The molecule has 1 aliphatic rings. The lowest BCUT2D eigenvalue weighted by Crippen LogP contribution is -2.39. The van der Waals surface area contributed by atoms with E-state index in [9.17, 15) is 0 Å². The van der Waals surface area contributed by atoms with Crippen molar-refractivity contribution in [2.24, 2.45) is 4.99 Å². The Balaban J connectivity index is 1.86. The predicted molar refractivity (Wildman–Crippen MR) is 69.0 cm³/mol. The third-order valence-corrected chi connectivity index (χ3v) is 2.89. The molecule has 0 aliphatic carbocycles. The van der Waals surface area contributed by atoms with Gasteiger partial charge in [-0.25, -0.2) is 0 Å². The third kappa shape index (κ3) is 3.47. The second-order valence-corrected chi connectivity index (χ2v) is 4.20. The van der Waals surface area contributed by atoms with E-state index in [2.05, 4.69) is 27.2 Å². The Labute approximate surface area is 103 Å². The van der Waals surface area contributed by atoms with E-state index in [1.165, 1.54) is 12.8 Å². The van der Waals surface area contributed by atoms with Crippen LogP contribution in [0.4, 0.5) is 0 Å². The summed E-state index contributed by atoms with van der Waals surface area (Å²) in [7, 11) is 0. The molecular formula is C12H21N5. The molecule has 0 atom stereocenters. The Morgan fingerprint density at radius 1 is 1.41 bits per heavy atom. The first kappa shape index (κ1) is 12.0. The van der Waals surface area contributed by atoms with Crippen LogP contribution in [0.15, 0.2) is 23.5 Å². The van der Waals surface area contributed by atoms with Crippen molar-refractivity contribution in [3.05, 3.63) is 18.5 Å². The van der Waals surface area contributed by atoms with Crippen LogP contribution in [0.3, 0.4) is 0 Å². The van der Waals surface area contributed by atoms with Crippen molar-refractivity contribution in [3.8, 4) is 0 Å². The van der Waals surface area contributed by atoms with Crippen LogP contribution < -0.4 is 5.32 Å². The van der Waals surface area contributed by atoms with Gasteiger partial charge in [0.2, 0.25) is 0 Å². The molecule has 0 saturated carbocycles. The van der Waals surface area contributed by atoms with Crippen LogP contribution in [0.25, 0.3) is 0 Å². The Morgan fingerprint density at radius 2 is 2.24 bits per heavy atom. The summed E-state index contributed by atoms with van der Waals surface area (Å²) < 4.78 is 1.91. The summed E-state index contributed by atoms with van der Waals surface area (Å²) in [6.07, 6.45) is 6.33. The van der Waals surface area contributed by atoms with E-state index in [1.54, 1.807) is 6.20 Å². The van der Waals surface area contributed by atoms with Gasteiger partial charge in [-0.15, -0.1) is 0 Å². The molecular weight excluding hydrogens is 214 g/mol. The quantitative estimate of drug-likeness (QED) is 0.624. The number of hydrogen-bond acceptors (Lipinski definition) is 2. The molecule has 0 amide bonds. The fourth-order valence-electron chi connectivity index (χ4n) is 2.05. The maximum atomic E-state index is 4.64. The maximum Gasteiger partial charge on any atom is 0.193 e. The van der Waals surface area contributed by atoms with Crippen LogP contribution in [0.2, 0.25) is 0 Å². The first-order valence-electron chi connectivity index (χ1n) is 6.41. The van der Waals surface area contributed by atoms with Crippen molar-refractivity contribution < 1.29 is 0 Å². The van der Waals surface area contributed by atoms with E-state index in [4.69, 9.17) is 0 Å². The average Bonchev–Trinajstić information content (AvgIpc) is 3.01. The van der Waals surface area contributed by atoms with E-state index in [0.29, 0.717) is 0 Å². The summed E-state index contributed by atoms with van der Waals surface area (Å²) in [5, 5.41) is 7.52. The molecule has 1 saturated heterocycles. The van der Waals surface area contributed by atoms with Gasteiger partial charge in [0.1, 0.15) is 0 Å². The summed E-state index contributed by atoms with van der Waals surface area (Å²) in [4.78, 5) is 6.98. The highest BCUT2D eigenvalue weighted by Crippen LogP contribution is 2.07. The first-order valence-corrected chi connectivity index (χ1v) is 6.41. The molecule has 2 rings (SSSR count). The summed E-state index contributed by atoms with van der Waals surface area (Å²) in [6, 6.07) is 1.94. The molecule has 1 aromatic rings. The van der Waals surface area contributed by atoms with Gasteiger partial charge in [0, 0.05) is 32.0 Å². The topological polar surface area (TPSA) is 45.5 Å². The smallest absolute Gasteiger partial charge is 0.193 e. The van der Waals surface area contributed by atoms with E-state index >= 15 is 0 Å². The minimum Gasteiger partial charge on any atom is -0.357 e. The number of guanidine groups is 1. The lowest BCUT2D eigenvalue weighted by Gasteiger charge is -2.20. The van der Waals surface area contributed by atoms with Gasteiger partial charge in [-0.1, -0.05) is 0 Å². The molecule has 0 aromatic carbocycles. The van der Waals surface area contributed by atoms with Gasteiger partial charge in [0.05, 0.1) is 13.1 Å². The summed E-state index contributed by atoms with van der Waals surface area (Å²) >= 11 is 0. The number of hydrogen-bond donors (Lipinski definition) is 1. The Hall–Kier alpha value is -1.52. The van der Waals surface area contributed by atoms with E-state index in [0.717, 1.165) is 38.7 Å². The normalized spacial score (nSPS) is 16.5. The standard InChI is InChI=1S/C12H21N5/c1-2-13-12(16-8-3-4-9-16)14-7-11-17-10-5-6-15-17/h5-6,10H,2-4,7-9,11H2,1H3,(H,13,14). The average molecular weight is 235 g/mol. The minimum absolute atomic E-state index is 0.778. The lowest BCUT2D eigenvalue weighted by molar-refractivity contribution is 0.491. The number of rotatable bonds is 4. The van der Waals surface area contributed by atoms with Crippen LogP contribution in [-0.4, -0.2) is 46.8 Å². The molecule has 17 heavy (non-hydrogen) atoms. The van der Waals surface area contributed by atoms with Gasteiger partial charge in [0.25, 0.3) is 0 Å². The Morgan fingerprint density at radius 3 is 2.88 bits per heavy atom. The van der Waals surface area contributed by atoms with E-state index < -0.39 is 0 Å². The van der Waals surface area contributed by atoms with E-state index in [-0.39, 0.29) is 0 Å². The van der Waals surface area contributed by atoms with Crippen molar-refractivity contribution in [1.29, 1.82) is 0 Å². The zero-order chi connectivity index (χ0) is 11.9. The molecule has 0 unspecified atom stereocenters. The summed E-state index contributed by atoms with van der Waals surface area (Å²) in [6.45, 7) is 6.92. The second kappa shape index (κ2) is 6.27. The highest BCUT2D eigenvalue weighted by atomic mass is 15.3. The van der Waals surface area contributed by atoms with Gasteiger partial charge in [-0.2, -0.15) is 5.10 Å². The molecule has 5 nitrogen and oxygen atoms in total. The van der Waals surface area contributed by atoms with Crippen molar-refractivity contribution in [1.82, 2.24) is 20.0 Å². The molecule has 1 N–H and O–H groups in total. The molecule has 2 heterocycles. The Kier molecular flexibility index (Phi) is 4.41. The number of aliphatic imine (C=N–C) groups is 1. The highest BCUT2D eigenvalue weighted by molar-refractivity contribution is 5.80. The maximum absolute atomic E-state index is 4.64. The molecule has 1 aromatic heterocycles. The van der Waals surface area contributed by atoms with Crippen molar-refractivity contribution in [3.63, 3.8) is 0 Å². The predicted octanol–water partition coefficient (Wildman–Crippen LogP) is 0.944. The van der Waals surface area contributed by atoms with Crippen molar-refractivity contribution in [2.45, 2.75) is 26.3 Å². The minimum atomic E-state index is 0.778. The first-order chi connectivity index (χ1) is 8.40. The second-order valence-electron chi connectivity index (χ2n) is 4.20. The number of aromatic nitrogens is 2. The zero-order valence-electron chi connectivity index (χ0n) is 10.5. The molecule has 1 aliphatic heterocycles. The van der Waals surface area contributed by atoms with Crippen LogP contribution in [-0.2, 0) is 6.54 Å². The zero-order valence-corrected chi connectivity index (χ0v) is 10.5. The third-order valence-electron chi connectivity index (χ3n) is 2.89. The van der Waals surface area contributed by atoms with Crippen LogP contribution in [0.5, 0.6) is 0 Å². The van der Waals surface area contributed by atoms with Gasteiger partial charge >= 0.3 is 0 Å². The van der Waals surface area contributed by atoms with Gasteiger partial charge in [0.15, 0.2) is 5.96 Å². The number of nitrogens with zero attached hydrogens (tertiary/aromatic N) is 4. The van der Waals surface area contributed by atoms with Gasteiger partial charge < -0.3 is 10.2 Å². The summed E-state index contributed by atoms with van der Waals surface area (Å²) in [5.74, 6) is 1.05. The molecule has 1 fully saturated rings. The van der Waals surface area contributed by atoms with Crippen molar-refractivity contribution in [2.75, 3.05) is 26.2 Å². The van der Waals surface area contributed by atoms with Crippen LogP contribution in [0, 0.1) is 0 Å². The molecule has 0 bridgehead atoms. The van der Waals surface area contributed by atoms with Gasteiger partial charge in [-0.3, -0.25) is 9.67 Å². The van der Waals surface area contributed by atoms with Crippen LogP contribution in [0.1, 0.15) is 19.8 Å². The molecule has 0 radical (unpaired) electrons. The fraction of sp³-hybridized carbons (Fsp3) is 0.667. The molecule has 94 valence electrons. The monoisotopic (exact) mass is 235 g/mol. The largest absolute Gasteiger partial charge is 0.357 e. The van der Waals surface area contributed by atoms with E-state index in [1.807, 2.05) is 16.9 Å². The molecule has 0 spiro atoms. The lowest BCUT2D eigenvalue weighted by atomic mass is 10.4. The summed E-state index contributed by atoms with van der Waals surface area (Å²) in [5.41, 5.74) is 0. The molecule has 5 heteroatoms. The van der Waals surface area contributed by atoms with Gasteiger partial charge in [-0.05, 0) is 25.8 Å². The Bertz CT molecular complexity index is 338. The fourth-order valence-corrected chi connectivity index (χ4v) is 2.05.